The number of nitrogens with zero attached hydrogens (tertiary/aromatic N) is 2. The van der Waals surface area contributed by atoms with E-state index in [0.29, 0.717) is 12.0 Å². The van der Waals surface area contributed by atoms with Crippen LogP contribution in [0, 0.1) is 0 Å². The van der Waals surface area contributed by atoms with Gasteiger partial charge in [0.05, 0.1) is 18.9 Å². The second-order valence-electron chi connectivity index (χ2n) is 2.27. The minimum absolute atomic E-state index is 0.00278. The third-order valence-electron chi connectivity index (χ3n) is 1.43. The van der Waals surface area contributed by atoms with E-state index in [4.69, 9.17) is 5.11 Å². The quantitative estimate of drug-likeness (QED) is 0.650. The minimum Gasteiger partial charge on any atom is -0.481 e. The molecule has 0 spiro atoms. The van der Waals surface area contributed by atoms with E-state index in [2.05, 4.69) is 4.98 Å². The number of rotatable bonds is 4. The van der Waals surface area contributed by atoms with E-state index in [9.17, 15) is 9.59 Å². The number of imidazole rings is 1. The molecule has 0 saturated carbocycles. The van der Waals surface area contributed by atoms with E-state index in [1.54, 1.807) is 0 Å². The topological polar surface area (TPSA) is 72.2 Å². The van der Waals surface area contributed by atoms with Crippen LogP contribution in [0.15, 0.2) is 12.5 Å². The molecule has 0 atom stereocenters. The van der Waals surface area contributed by atoms with Crippen molar-refractivity contribution in [3.63, 3.8) is 0 Å². The van der Waals surface area contributed by atoms with Crippen LogP contribution in [0.25, 0.3) is 0 Å². The molecule has 1 heterocycles. The zero-order chi connectivity index (χ0) is 8.97. The molecule has 1 aromatic rings. The number of carboxylic acids is 1. The van der Waals surface area contributed by atoms with Crippen LogP contribution in [-0.4, -0.2) is 26.9 Å². The Labute approximate surface area is 68.6 Å². The maximum Gasteiger partial charge on any atom is 0.305 e. The summed E-state index contributed by atoms with van der Waals surface area (Å²) < 4.78 is 1.50. The Balaban J connectivity index is 2.62. The molecule has 0 radical (unpaired) electrons. The normalized spacial score (nSPS) is 9.67. The number of carbonyl (C=O) groups excluding carboxylic acids is 1. The molecule has 1 rings (SSSR count). The van der Waals surface area contributed by atoms with Crippen LogP contribution in [-0.2, 0) is 11.3 Å². The maximum atomic E-state index is 10.3. The largest absolute Gasteiger partial charge is 0.481 e. The Hall–Kier alpha value is -1.65. The van der Waals surface area contributed by atoms with Crippen LogP contribution in [0.4, 0.5) is 0 Å². The number of aryl methyl sites for hydroxylation is 1. The second kappa shape index (κ2) is 3.66. The lowest BCUT2D eigenvalue weighted by Crippen LogP contribution is -2.05. The Morgan fingerprint density at radius 1 is 1.75 bits per heavy atom. The van der Waals surface area contributed by atoms with Crippen LogP contribution in [0.5, 0.6) is 0 Å². The summed E-state index contributed by atoms with van der Waals surface area (Å²) in [4.78, 5) is 24.2. The molecular formula is C7H8N2O3. The van der Waals surface area contributed by atoms with Crippen molar-refractivity contribution in [3.8, 4) is 0 Å². The lowest BCUT2D eigenvalue weighted by Gasteiger charge is -1.99. The first kappa shape index (κ1) is 8.45. The van der Waals surface area contributed by atoms with Gasteiger partial charge in [-0.2, -0.15) is 0 Å². The third kappa shape index (κ3) is 1.91. The van der Waals surface area contributed by atoms with Crippen molar-refractivity contribution in [2.75, 3.05) is 0 Å². The SMILES string of the molecule is O=Cc1cncn1CCC(=O)O. The van der Waals surface area contributed by atoms with Crippen LogP contribution in [0.3, 0.4) is 0 Å². The zero-order valence-corrected chi connectivity index (χ0v) is 6.30. The number of aliphatic carboxylic acids is 1. The predicted octanol–water partition coefficient (Wildman–Crippen LogP) is 0.170. The number of hydrogen-bond acceptors (Lipinski definition) is 3. The number of carbonyl (C=O) groups is 2. The lowest BCUT2D eigenvalue weighted by atomic mass is 10.4. The summed E-state index contributed by atoms with van der Waals surface area (Å²) in [6.07, 6.45) is 3.48. The molecule has 5 heteroatoms. The third-order valence-corrected chi connectivity index (χ3v) is 1.43. The molecule has 1 N–H and O–H groups in total. The first-order chi connectivity index (χ1) is 5.74. The number of aromatic nitrogens is 2. The summed E-state index contributed by atoms with van der Waals surface area (Å²) in [5.41, 5.74) is 0.399. The highest BCUT2D eigenvalue weighted by atomic mass is 16.4. The van der Waals surface area contributed by atoms with Crippen molar-refractivity contribution in [1.29, 1.82) is 0 Å². The molecule has 0 bridgehead atoms. The van der Waals surface area contributed by atoms with Crippen LogP contribution < -0.4 is 0 Å². The molecule has 0 unspecified atom stereocenters. The average Bonchev–Trinajstić information content (AvgIpc) is 2.47. The average molecular weight is 168 g/mol. The molecule has 1 aromatic heterocycles. The van der Waals surface area contributed by atoms with Crippen molar-refractivity contribution >= 4 is 12.3 Å². The molecule has 0 aliphatic heterocycles. The van der Waals surface area contributed by atoms with Crippen molar-refractivity contribution in [2.45, 2.75) is 13.0 Å². The van der Waals surface area contributed by atoms with E-state index in [1.807, 2.05) is 0 Å². The zero-order valence-electron chi connectivity index (χ0n) is 6.30. The highest BCUT2D eigenvalue weighted by Crippen LogP contribution is 1.97. The Morgan fingerprint density at radius 3 is 3.08 bits per heavy atom. The van der Waals surface area contributed by atoms with Crippen LogP contribution in [0.2, 0.25) is 0 Å². The van der Waals surface area contributed by atoms with E-state index >= 15 is 0 Å². The van der Waals surface area contributed by atoms with Gasteiger partial charge in [0, 0.05) is 6.54 Å². The van der Waals surface area contributed by atoms with E-state index in [0.717, 1.165) is 0 Å². The molecule has 0 aliphatic rings. The van der Waals surface area contributed by atoms with Gasteiger partial charge in [-0.3, -0.25) is 9.59 Å². The summed E-state index contributed by atoms with van der Waals surface area (Å²) in [6.45, 7) is 0.281. The highest BCUT2D eigenvalue weighted by molar-refractivity contribution is 5.72. The molecule has 0 saturated heterocycles. The van der Waals surface area contributed by atoms with Gasteiger partial charge in [0.15, 0.2) is 6.29 Å². The smallest absolute Gasteiger partial charge is 0.305 e. The monoisotopic (exact) mass is 168 g/mol. The van der Waals surface area contributed by atoms with Crippen molar-refractivity contribution < 1.29 is 14.7 Å². The van der Waals surface area contributed by atoms with Crippen LogP contribution >= 0.6 is 0 Å². The molecular weight excluding hydrogens is 160 g/mol. The van der Waals surface area contributed by atoms with Crippen molar-refractivity contribution in [1.82, 2.24) is 9.55 Å². The summed E-state index contributed by atoms with van der Waals surface area (Å²) >= 11 is 0. The Bertz CT molecular complexity index is 293. The molecule has 0 fully saturated rings. The molecule has 0 aliphatic carbocycles. The van der Waals surface area contributed by atoms with Gasteiger partial charge in [-0.15, -0.1) is 0 Å². The van der Waals surface area contributed by atoms with Gasteiger partial charge in [-0.25, -0.2) is 4.98 Å². The van der Waals surface area contributed by atoms with Gasteiger partial charge < -0.3 is 9.67 Å². The number of carboxylic acid groups (broad SMARTS) is 1. The first-order valence-electron chi connectivity index (χ1n) is 3.41. The Kier molecular flexibility index (Phi) is 2.57. The van der Waals surface area contributed by atoms with E-state index in [1.165, 1.54) is 17.1 Å². The van der Waals surface area contributed by atoms with Gasteiger partial charge in [0.1, 0.15) is 5.69 Å². The van der Waals surface area contributed by atoms with Crippen molar-refractivity contribution in [3.05, 3.63) is 18.2 Å². The number of aldehydes is 1. The minimum atomic E-state index is -0.888. The lowest BCUT2D eigenvalue weighted by molar-refractivity contribution is -0.137. The molecule has 0 aromatic carbocycles. The van der Waals surface area contributed by atoms with Crippen molar-refractivity contribution in [2.24, 2.45) is 0 Å². The summed E-state index contributed by atoms with van der Waals surface area (Å²) in [7, 11) is 0. The predicted molar refractivity (Wildman–Crippen MR) is 39.9 cm³/mol. The molecule has 64 valence electrons. The summed E-state index contributed by atoms with van der Waals surface area (Å²) in [5, 5.41) is 8.35. The van der Waals surface area contributed by atoms with Crippen LogP contribution in [0.1, 0.15) is 16.9 Å². The molecule has 5 nitrogen and oxygen atoms in total. The van der Waals surface area contributed by atoms with Gasteiger partial charge in [0.2, 0.25) is 0 Å². The standard InChI is InChI=1S/C7H8N2O3/c10-4-6-3-8-5-9(6)2-1-7(11)12/h3-5H,1-2H2,(H,11,12). The maximum absolute atomic E-state index is 10.3. The molecule has 12 heavy (non-hydrogen) atoms. The molecule has 0 amide bonds. The summed E-state index contributed by atoms with van der Waals surface area (Å²) in [5.74, 6) is -0.888. The second-order valence-corrected chi connectivity index (χ2v) is 2.27. The van der Waals surface area contributed by atoms with E-state index < -0.39 is 5.97 Å². The van der Waals surface area contributed by atoms with Gasteiger partial charge >= 0.3 is 5.97 Å². The fourth-order valence-electron chi connectivity index (χ4n) is 0.832. The van der Waals surface area contributed by atoms with Gasteiger partial charge in [0.25, 0.3) is 0 Å². The fraction of sp³-hybridized carbons (Fsp3) is 0.286. The number of hydrogen-bond donors (Lipinski definition) is 1. The highest BCUT2D eigenvalue weighted by Gasteiger charge is 2.02. The van der Waals surface area contributed by atoms with Gasteiger partial charge in [-0.05, 0) is 0 Å². The summed E-state index contributed by atoms with van der Waals surface area (Å²) in [6, 6.07) is 0. The van der Waals surface area contributed by atoms with Gasteiger partial charge in [-0.1, -0.05) is 0 Å². The van der Waals surface area contributed by atoms with E-state index in [-0.39, 0.29) is 13.0 Å². The Morgan fingerprint density at radius 2 is 2.50 bits per heavy atom. The fourth-order valence-corrected chi connectivity index (χ4v) is 0.832. The first-order valence-corrected chi connectivity index (χ1v) is 3.41.